The molecule has 0 aliphatic rings. The van der Waals surface area contributed by atoms with Crippen LogP contribution < -0.4 is 10.1 Å². The van der Waals surface area contributed by atoms with Crippen LogP contribution in [-0.2, 0) is 0 Å². The van der Waals surface area contributed by atoms with Crippen molar-refractivity contribution in [1.82, 2.24) is 5.32 Å². The number of benzene rings is 1. The molecular weight excluding hydrogens is 198 g/mol. The largest absolute Gasteiger partial charge is 0.504 e. The van der Waals surface area contributed by atoms with Crippen LogP contribution in [0.1, 0.15) is 11.7 Å². The first-order chi connectivity index (χ1) is 7.11. The van der Waals surface area contributed by atoms with Crippen LogP contribution in [0, 0.1) is 0 Å². The Kier molecular flexibility index (Phi) is 3.76. The highest BCUT2D eigenvalue weighted by atomic mass is 16.5. The number of phenolic OH excluding ortho intramolecular Hbond substituents is 2. The number of ether oxygens (including phenoxy) is 1. The van der Waals surface area contributed by atoms with E-state index in [4.69, 9.17) is 4.74 Å². The number of rotatable bonds is 4. The summed E-state index contributed by atoms with van der Waals surface area (Å²) in [5.74, 6) is -0.532. The summed E-state index contributed by atoms with van der Waals surface area (Å²) in [7, 11) is 3.07. The van der Waals surface area contributed by atoms with Gasteiger partial charge in [0.05, 0.1) is 13.2 Å². The molecule has 5 nitrogen and oxygen atoms in total. The summed E-state index contributed by atoms with van der Waals surface area (Å²) in [6, 6.07) is 2.82. The number of nitrogens with one attached hydrogen (secondary N) is 1. The van der Waals surface area contributed by atoms with Crippen LogP contribution in [0.15, 0.2) is 12.1 Å². The standard InChI is InChI=1S/C10H15NO4/c1-11-5-8(13)6-3-4-7(12)9(14)10(6)15-2/h3-4,8,11-14H,5H2,1-2H3/t8-/m0/s1. The first-order valence-electron chi connectivity index (χ1n) is 4.53. The summed E-state index contributed by atoms with van der Waals surface area (Å²) >= 11 is 0. The smallest absolute Gasteiger partial charge is 0.200 e. The first-order valence-corrected chi connectivity index (χ1v) is 4.53. The molecule has 0 aliphatic heterocycles. The van der Waals surface area contributed by atoms with Gasteiger partial charge in [-0.15, -0.1) is 0 Å². The van der Waals surface area contributed by atoms with Gasteiger partial charge in [-0.05, 0) is 19.2 Å². The molecule has 15 heavy (non-hydrogen) atoms. The summed E-state index contributed by atoms with van der Waals surface area (Å²) in [6.07, 6.45) is -0.795. The molecule has 0 saturated heterocycles. The molecule has 0 amide bonds. The van der Waals surface area contributed by atoms with Crippen molar-refractivity contribution in [3.05, 3.63) is 17.7 Å². The van der Waals surface area contributed by atoms with E-state index in [2.05, 4.69) is 5.32 Å². The molecule has 0 unspecified atom stereocenters. The Morgan fingerprint density at radius 2 is 2.07 bits per heavy atom. The van der Waals surface area contributed by atoms with E-state index >= 15 is 0 Å². The Hall–Kier alpha value is -1.46. The average molecular weight is 213 g/mol. The molecule has 0 spiro atoms. The van der Waals surface area contributed by atoms with Crippen molar-refractivity contribution in [2.24, 2.45) is 0 Å². The first kappa shape index (κ1) is 11.6. The van der Waals surface area contributed by atoms with Gasteiger partial charge in [0.25, 0.3) is 0 Å². The van der Waals surface area contributed by atoms with Crippen molar-refractivity contribution in [1.29, 1.82) is 0 Å². The minimum atomic E-state index is -0.795. The third kappa shape index (κ3) is 2.31. The molecule has 1 aromatic rings. The highest BCUT2D eigenvalue weighted by molar-refractivity contribution is 5.54. The lowest BCUT2D eigenvalue weighted by Gasteiger charge is -2.15. The SMILES string of the molecule is CNC[C@H](O)c1ccc(O)c(O)c1OC. The van der Waals surface area contributed by atoms with Gasteiger partial charge in [-0.3, -0.25) is 0 Å². The van der Waals surface area contributed by atoms with Gasteiger partial charge in [-0.2, -0.15) is 0 Å². The molecule has 5 heteroatoms. The molecular formula is C10H15NO4. The van der Waals surface area contributed by atoms with Crippen molar-refractivity contribution in [3.63, 3.8) is 0 Å². The van der Waals surface area contributed by atoms with Crippen LogP contribution in [0.5, 0.6) is 17.2 Å². The number of aromatic hydroxyl groups is 2. The van der Waals surface area contributed by atoms with Crippen molar-refractivity contribution < 1.29 is 20.1 Å². The van der Waals surface area contributed by atoms with Gasteiger partial charge in [0.1, 0.15) is 0 Å². The molecule has 1 rings (SSSR count). The third-order valence-electron chi connectivity index (χ3n) is 2.10. The number of aliphatic hydroxyl groups is 1. The summed E-state index contributed by atoms with van der Waals surface area (Å²) in [6.45, 7) is 0.334. The lowest BCUT2D eigenvalue weighted by molar-refractivity contribution is 0.172. The zero-order chi connectivity index (χ0) is 11.4. The Morgan fingerprint density at radius 1 is 1.40 bits per heavy atom. The van der Waals surface area contributed by atoms with Gasteiger partial charge in [0, 0.05) is 12.1 Å². The van der Waals surface area contributed by atoms with Gasteiger partial charge >= 0.3 is 0 Å². The van der Waals surface area contributed by atoms with Crippen molar-refractivity contribution in [2.45, 2.75) is 6.10 Å². The highest BCUT2D eigenvalue weighted by Crippen LogP contribution is 2.40. The predicted octanol–water partition coefficient (Wildman–Crippen LogP) is 0.359. The van der Waals surface area contributed by atoms with Crippen LogP contribution in [0.4, 0.5) is 0 Å². The summed E-state index contributed by atoms with van der Waals surface area (Å²) in [5, 5.41) is 31.2. The lowest BCUT2D eigenvalue weighted by atomic mass is 10.1. The predicted molar refractivity (Wildman–Crippen MR) is 55.2 cm³/mol. The maximum Gasteiger partial charge on any atom is 0.200 e. The Bertz CT molecular complexity index is 340. The van der Waals surface area contributed by atoms with Gasteiger partial charge in [-0.1, -0.05) is 0 Å². The molecule has 0 heterocycles. The van der Waals surface area contributed by atoms with Crippen LogP contribution in [-0.4, -0.2) is 36.0 Å². The van der Waals surface area contributed by atoms with Gasteiger partial charge in [0.15, 0.2) is 11.5 Å². The fourth-order valence-corrected chi connectivity index (χ4v) is 1.36. The second-order valence-corrected chi connectivity index (χ2v) is 3.13. The molecule has 0 bridgehead atoms. The fourth-order valence-electron chi connectivity index (χ4n) is 1.36. The number of likely N-dealkylation sites (N-methyl/N-ethyl adjacent to an activating group) is 1. The normalized spacial score (nSPS) is 12.5. The minimum absolute atomic E-state index is 0.0951. The van der Waals surface area contributed by atoms with E-state index in [9.17, 15) is 15.3 Å². The summed E-state index contributed by atoms with van der Waals surface area (Å²) in [4.78, 5) is 0. The van der Waals surface area contributed by atoms with E-state index in [0.29, 0.717) is 12.1 Å². The monoisotopic (exact) mass is 213 g/mol. The molecule has 0 radical (unpaired) electrons. The Morgan fingerprint density at radius 3 is 2.60 bits per heavy atom. The number of phenols is 2. The quantitative estimate of drug-likeness (QED) is 0.543. The zero-order valence-corrected chi connectivity index (χ0v) is 8.69. The average Bonchev–Trinajstić information content (AvgIpc) is 2.22. The summed E-state index contributed by atoms with van der Waals surface area (Å²) in [5.41, 5.74) is 0.433. The van der Waals surface area contributed by atoms with Crippen LogP contribution in [0.25, 0.3) is 0 Å². The van der Waals surface area contributed by atoms with Crippen LogP contribution in [0.2, 0.25) is 0 Å². The molecule has 0 aliphatic carbocycles. The van der Waals surface area contributed by atoms with E-state index in [1.165, 1.54) is 19.2 Å². The molecule has 0 fully saturated rings. The Labute approximate surface area is 87.9 Å². The maximum atomic E-state index is 9.71. The molecule has 0 saturated carbocycles. The second kappa shape index (κ2) is 4.86. The van der Waals surface area contributed by atoms with Crippen molar-refractivity contribution in [2.75, 3.05) is 20.7 Å². The maximum absolute atomic E-state index is 9.71. The van der Waals surface area contributed by atoms with Crippen LogP contribution in [0.3, 0.4) is 0 Å². The molecule has 1 aromatic carbocycles. The zero-order valence-electron chi connectivity index (χ0n) is 8.69. The molecule has 0 aromatic heterocycles. The Balaban J connectivity index is 3.12. The third-order valence-corrected chi connectivity index (χ3v) is 2.10. The van der Waals surface area contributed by atoms with E-state index in [1.807, 2.05) is 0 Å². The van der Waals surface area contributed by atoms with Crippen molar-refractivity contribution in [3.8, 4) is 17.2 Å². The lowest BCUT2D eigenvalue weighted by Crippen LogP contribution is -2.17. The highest BCUT2D eigenvalue weighted by Gasteiger charge is 2.18. The van der Waals surface area contributed by atoms with Crippen molar-refractivity contribution >= 4 is 0 Å². The second-order valence-electron chi connectivity index (χ2n) is 3.13. The van der Waals surface area contributed by atoms with Gasteiger partial charge < -0.3 is 25.4 Å². The van der Waals surface area contributed by atoms with Gasteiger partial charge in [-0.25, -0.2) is 0 Å². The number of methoxy groups -OCH3 is 1. The van der Waals surface area contributed by atoms with E-state index in [1.54, 1.807) is 7.05 Å². The number of aliphatic hydroxyl groups excluding tert-OH is 1. The van der Waals surface area contributed by atoms with Gasteiger partial charge in [0.2, 0.25) is 5.75 Å². The van der Waals surface area contributed by atoms with E-state index in [-0.39, 0.29) is 17.2 Å². The van der Waals surface area contributed by atoms with E-state index < -0.39 is 6.10 Å². The number of hydrogen-bond donors (Lipinski definition) is 4. The fraction of sp³-hybridized carbons (Fsp3) is 0.400. The molecule has 84 valence electrons. The minimum Gasteiger partial charge on any atom is -0.504 e. The van der Waals surface area contributed by atoms with Crippen LogP contribution >= 0.6 is 0 Å². The van der Waals surface area contributed by atoms with E-state index in [0.717, 1.165) is 0 Å². The topological polar surface area (TPSA) is 82.0 Å². The molecule has 1 atom stereocenters. The summed E-state index contributed by atoms with van der Waals surface area (Å²) < 4.78 is 4.93. The molecule has 4 N–H and O–H groups in total. The number of hydrogen-bond acceptors (Lipinski definition) is 5.